The minimum absolute atomic E-state index is 0.506. The molecule has 20 heavy (non-hydrogen) atoms. The summed E-state index contributed by atoms with van der Waals surface area (Å²) in [6, 6.07) is 4.60. The molecular weight excluding hydrogens is 246 g/mol. The number of piperidine rings is 1. The number of rotatable bonds is 4. The zero-order valence-electron chi connectivity index (χ0n) is 13.6. The molecule has 0 aromatic heterocycles. The molecule has 1 aliphatic heterocycles. The molecule has 0 atom stereocenters. The van der Waals surface area contributed by atoms with E-state index in [-0.39, 0.29) is 0 Å². The molecule has 0 radical (unpaired) electrons. The van der Waals surface area contributed by atoms with Crippen LogP contribution in [0.3, 0.4) is 0 Å². The summed E-state index contributed by atoms with van der Waals surface area (Å²) in [7, 11) is 1.83. The van der Waals surface area contributed by atoms with Crippen molar-refractivity contribution in [2.75, 3.05) is 20.2 Å². The predicted octanol–water partition coefficient (Wildman–Crippen LogP) is 4.41. The van der Waals surface area contributed by atoms with Gasteiger partial charge < -0.3 is 10.1 Å². The normalized spacial score (nSPS) is 16.9. The van der Waals surface area contributed by atoms with E-state index in [2.05, 4.69) is 45.1 Å². The van der Waals surface area contributed by atoms with Crippen molar-refractivity contribution in [1.29, 1.82) is 0 Å². The van der Waals surface area contributed by atoms with Crippen molar-refractivity contribution in [3.63, 3.8) is 0 Å². The highest BCUT2D eigenvalue weighted by Gasteiger charge is 2.25. The van der Waals surface area contributed by atoms with Crippen LogP contribution >= 0.6 is 0 Å². The van der Waals surface area contributed by atoms with Crippen molar-refractivity contribution in [2.45, 2.75) is 58.3 Å². The molecule has 0 amide bonds. The van der Waals surface area contributed by atoms with Crippen LogP contribution in [0.25, 0.3) is 0 Å². The fraction of sp³-hybridized carbons (Fsp3) is 0.667. The first-order valence-electron chi connectivity index (χ1n) is 7.97. The zero-order valence-corrected chi connectivity index (χ0v) is 13.6. The summed E-state index contributed by atoms with van der Waals surface area (Å²) in [4.78, 5) is 0. The highest BCUT2D eigenvalue weighted by Crippen LogP contribution is 2.42. The highest BCUT2D eigenvalue weighted by atomic mass is 16.5. The maximum Gasteiger partial charge on any atom is 0.126 e. The van der Waals surface area contributed by atoms with Crippen molar-refractivity contribution < 1.29 is 4.74 Å². The molecule has 0 aliphatic carbocycles. The summed E-state index contributed by atoms with van der Waals surface area (Å²) in [6.45, 7) is 11.3. The van der Waals surface area contributed by atoms with E-state index in [9.17, 15) is 0 Å². The van der Waals surface area contributed by atoms with Crippen LogP contribution in [0.15, 0.2) is 12.1 Å². The minimum atomic E-state index is 0.506. The van der Waals surface area contributed by atoms with E-state index < -0.39 is 0 Å². The third-order valence-electron chi connectivity index (χ3n) is 4.46. The largest absolute Gasteiger partial charge is 0.496 e. The van der Waals surface area contributed by atoms with Crippen LogP contribution in [0.4, 0.5) is 0 Å². The van der Waals surface area contributed by atoms with Gasteiger partial charge in [0, 0.05) is 5.56 Å². The Bertz CT molecular complexity index is 445. The molecule has 2 rings (SSSR count). The van der Waals surface area contributed by atoms with Crippen LogP contribution in [-0.4, -0.2) is 20.2 Å². The molecular formula is C18H29NO. The molecule has 1 aliphatic rings. The first kappa shape index (κ1) is 15.4. The van der Waals surface area contributed by atoms with Crippen molar-refractivity contribution in [2.24, 2.45) is 0 Å². The van der Waals surface area contributed by atoms with Gasteiger partial charge >= 0.3 is 0 Å². The van der Waals surface area contributed by atoms with Gasteiger partial charge in [-0.3, -0.25) is 0 Å². The van der Waals surface area contributed by atoms with Gasteiger partial charge in [-0.05, 0) is 54.8 Å². The lowest BCUT2D eigenvalue weighted by molar-refractivity contribution is 0.383. The number of ether oxygens (including phenoxy) is 1. The number of benzene rings is 1. The maximum absolute atomic E-state index is 5.86. The molecule has 1 saturated heterocycles. The Kier molecular flexibility index (Phi) is 5.09. The van der Waals surface area contributed by atoms with E-state index in [1.165, 1.54) is 29.5 Å². The smallest absolute Gasteiger partial charge is 0.126 e. The average molecular weight is 275 g/mol. The molecule has 1 aromatic rings. The Morgan fingerprint density at radius 2 is 1.55 bits per heavy atom. The Hall–Kier alpha value is -1.02. The van der Waals surface area contributed by atoms with Gasteiger partial charge in [-0.15, -0.1) is 0 Å². The van der Waals surface area contributed by atoms with Crippen LogP contribution in [-0.2, 0) is 0 Å². The van der Waals surface area contributed by atoms with E-state index in [4.69, 9.17) is 4.74 Å². The summed E-state index contributed by atoms with van der Waals surface area (Å²) in [5, 5.41) is 3.47. The SMILES string of the molecule is COc1c(C(C)C)ccc(C(C)C)c1C1CCNCC1. The van der Waals surface area contributed by atoms with E-state index in [1.807, 2.05) is 7.11 Å². The lowest BCUT2D eigenvalue weighted by atomic mass is 9.81. The summed E-state index contributed by atoms with van der Waals surface area (Å²) >= 11 is 0. The topological polar surface area (TPSA) is 21.3 Å². The molecule has 2 nitrogen and oxygen atoms in total. The van der Waals surface area contributed by atoms with Crippen molar-refractivity contribution in [3.05, 3.63) is 28.8 Å². The van der Waals surface area contributed by atoms with Gasteiger partial charge in [0.2, 0.25) is 0 Å². The minimum Gasteiger partial charge on any atom is -0.496 e. The fourth-order valence-corrected chi connectivity index (χ4v) is 3.35. The van der Waals surface area contributed by atoms with Gasteiger partial charge in [-0.2, -0.15) is 0 Å². The third kappa shape index (κ3) is 3.01. The number of hydrogen-bond acceptors (Lipinski definition) is 2. The number of methoxy groups -OCH3 is 1. The Morgan fingerprint density at radius 1 is 1.00 bits per heavy atom. The van der Waals surface area contributed by atoms with Gasteiger partial charge in [0.15, 0.2) is 0 Å². The van der Waals surface area contributed by atoms with Crippen LogP contribution in [0.2, 0.25) is 0 Å². The highest BCUT2D eigenvalue weighted by molar-refractivity contribution is 5.51. The summed E-state index contributed by atoms with van der Waals surface area (Å²) < 4.78 is 5.86. The Morgan fingerprint density at radius 3 is 2.05 bits per heavy atom. The molecule has 0 unspecified atom stereocenters. The van der Waals surface area contributed by atoms with Crippen LogP contribution in [0, 0.1) is 0 Å². The second-order valence-electron chi connectivity index (χ2n) is 6.52. The van der Waals surface area contributed by atoms with Crippen LogP contribution in [0.1, 0.15) is 75.0 Å². The van der Waals surface area contributed by atoms with E-state index in [0.717, 1.165) is 18.8 Å². The zero-order chi connectivity index (χ0) is 14.7. The van der Waals surface area contributed by atoms with Crippen molar-refractivity contribution >= 4 is 0 Å². The molecule has 1 fully saturated rings. The Labute approximate surface area is 123 Å². The van der Waals surface area contributed by atoms with E-state index >= 15 is 0 Å². The second-order valence-corrected chi connectivity index (χ2v) is 6.52. The summed E-state index contributed by atoms with van der Waals surface area (Å²) in [6.07, 6.45) is 2.44. The quantitative estimate of drug-likeness (QED) is 0.879. The summed E-state index contributed by atoms with van der Waals surface area (Å²) in [5.41, 5.74) is 4.30. The molecule has 1 aromatic carbocycles. The molecule has 1 N–H and O–H groups in total. The number of nitrogens with one attached hydrogen (secondary N) is 1. The fourth-order valence-electron chi connectivity index (χ4n) is 3.35. The molecule has 0 spiro atoms. The predicted molar refractivity (Wildman–Crippen MR) is 86.0 cm³/mol. The molecule has 0 bridgehead atoms. The molecule has 2 heteroatoms. The first-order valence-corrected chi connectivity index (χ1v) is 7.97. The van der Waals surface area contributed by atoms with Gasteiger partial charge in [0.05, 0.1) is 7.11 Å². The maximum atomic E-state index is 5.86. The standard InChI is InChI=1S/C18H29NO/c1-12(2)15-6-7-16(13(3)4)18(20-5)17(15)14-8-10-19-11-9-14/h6-7,12-14,19H,8-11H2,1-5H3. The molecule has 1 heterocycles. The lowest BCUT2D eigenvalue weighted by Gasteiger charge is -2.30. The van der Waals surface area contributed by atoms with Gasteiger partial charge in [-0.25, -0.2) is 0 Å². The van der Waals surface area contributed by atoms with Gasteiger partial charge in [0.1, 0.15) is 5.75 Å². The van der Waals surface area contributed by atoms with Crippen LogP contribution in [0.5, 0.6) is 5.75 Å². The van der Waals surface area contributed by atoms with E-state index in [1.54, 1.807) is 0 Å². The van der Waals surface area contributed by atoms with Crippen LogP contribution < -0.4 is 10.1 Å². The van der Waals surface area contributed by atoms with Gasteiger partial charge in [0.25, 0.3) is 0 Å². The van der Waals surface area contributed by atoms with Crippen molar-refractivity contribution in [3.8, 4) is 5.75 Å². The molecule has 112 valence electrons. The van der Waals surface area contributed by atoms with E-state index in [0.29, 0.717) is 17.8 Å². The summed E-state index contributed by atoms with van der Waals surface area (Å²) in [5.74, 6) is 2.85. The number of hydrogen-bond donors (Lipinski definition) is 1. The first-order chi connectivity index (χ1) is 9.56. The second kappa shape index (κ2) is 6.62. The lowest BCUT2D eigenvalue weighted by Crippen LogP contribution is -2.27. The monoisotopic (exact) mass is 275 g/mol. The molecule has 0 saturated carbocycles. The third-order valence-corrected chi connectivity index (χ3v) is 4.46. The average Bonchev–Trinajstić information content (AvgIpc) is 2.46. The van der Waals surface area contributed by atoms with Gasteiger partial charge in [-0.1, -0.05) is 39.8 Å². The Balaban J connectivity index is 2.55. The van der Waals surface area contributed by atoms with Crippen molar-refractivity contribution in [1.82, 2.24) is 5.32 Å².